The molecule has 1 unspecified atom stereocenters. The number of nitrogens with two attached hydrogens (primary N) is 1. The van der Waals surface area contributed by atoms with E-state index in [0.29, 0.717) is 18.9 Å². The Balaban J connectivity index is 2.81. The molecule has 3 heteroatoms. The number of para-hydroxylation sites is 1. The van der Waals surface area contributed by atoms with Crippen LogP contribution in [0.25, 0.3) is 0 Å². The first-order valence-electron chi connectivity index (χ1n) is 6.14. The fourth-order valence-corrected chi connectivity index (χ4v) is 1.72. The summed E-state index contributed by atoms with van der Waals surface area (Å²) >= 11 is 0. The molecule has 0 spiro atoms. The van der Waals surface area contributed by atoms with Crippen molar-refractivity contribution >= 4 is 11.6 Å². The van der Waals surface area contributed by atoms with Crippen LogP contribution in [0.3, 0.4) is 0 Å². The summed E-state index contributed by atoms with van der Waals surface area (Å²) in [6.07, 6.45) is 1.62. The number of benzene rings is 1. The highest BCUT2D eigenvalue weighted by Crippen LogP contribution is 2.20. The molecule has 0 saturated heterocycles. The number of hydrogen-bond acceptors (Lipinski definition) is 2. The van der Waals surface area contributed by atoms with Gasteiger partial charge in [0.1, 0.15) is 0 Å². The summed E-state index contributed by atoms with van der Waals surface area (Å²) in [5.41, 5.74) is 7.60. The highest BCUT2D eigenvalue weighted by atomic mass is 16.2. The monoisotopic (exact) mass is 234 g/mol. The van der Waals surface area contributed by atoms with Gasteiger partial charge in [-0.2, -0.15) is 0 Å². The molecule has 1 rings (SSSR count). The standard InChI is InChI=1S/C14H22N2O/c1-4-11(2)9-14(17)16(3)13-8-6-5-7-12(13)10-15/h5-8,11H,4,9-10,15H2,1-3H3. The van der Waals surface area contributed by atoms with Gasteiger partial charge in [0, 0.05) is 25.7 Å². The predicted octanol–water partition coefficient (Wildman–Crippen LogP) is 2.54. The zero-order chi connectivity index (χ0) is 12.8. The normalized spacial score (nSPS) is 12.2. The van der Waals surface area contributed by atoms with E-state index in [1.807, 2.05) is 31.3 Å². The molecule has 0 bridgehead atoms. The van der Waals surface area contributed by atoms with Gasteiger partial charge in [-0.3, -0.25) is 4.79 Å². The summed E-state index contributed by atoms with van der Waals surface area (Å²) in [6, 6.07) is 7.78. The third-order valence-corrected chi connectivity index (χ3v) is 3.17. The van der Waals surface area contributed by atoms with E-state index in [-0.39, 0.29) is 5.91 Å². The van der Waals surface area contributed by atoms with E-state index < -0.39 is 0 Å². The number of carbonyl (C=O) groups excluding carboxylic acids is 1. The van der Waals surface area contributed by atoms with Gasteiger partial charge >= 0.3 is 0 Å². The number of rotatable bonds is 5. The Bertz CT molecular complexity index is 376. The lowest BCUT2D eigenvalue weighted by atomic mass is 10.0. The molecule has 0 aliphatic heterocycles. The summed E-state index contributed by atoms with van der Waals surface area (Å²) in [5, 5.41) is 0. The molecule has 0 aliphatic rings. The number of nitrogens with zero attached hydrogens (tertiary/aromatic N) is 1. The smallest absolute Gasteiger partial charge is 0.226 e. The van der Waals surface area contributed by atoms with E-state index >= 15 is 0 Å². The van der Waals surface area contributed by atoms with E-state index in [0.717, 1.165) is 17.7 Å². The Morgan fingerprint density at radius 2 is 2.06 bits per heavy atom. The maximum atomic E-state index is 12.1. The molecule has 1 aromatic rings. The first-order valence-corrected chi connectivity index (χ1v) is 6.14. The summed E-state index contributed by atoms with van der Waals surface area (Å²) in [6.45, 7) is 4.66. The van der Waals surface area contributed by atoms with Crippen LogP contribution in [0.5, 0.6) is 0 Å². The highest BCUT2D eigenvalue weighted by Gasteiger charge is 2.15. The zero-order valence-corrected chi connectivity index (χ0v) is 10.9. The fraction of sp³-hybridized carbons (Fsp3) is 0.500. The van der Waals surface area contributed by atoms with Crippen LogP contribution < -0.4 is 10.6 Å². The first-order chi connectivity index (χ1) is 8.10. The molecule has 0 saturated carbocycles. The Hall–Kier alpha value is -1.35. The van der Waals surface area contributed by atoms with Crippen molar-refractivity contribution in [3.63, 3.8) is 0 Å². The molecule has 3 nitrogen and oxygen atoms in total. The van der Waals surface area contributed by atoms with Gasteiger partial charge in [0.2, 0.25) is 5.91 Å². The fourth-order valence-electron chi connectivity index (χ4n) is 1.72. The van der Waals surface area contributed by atoms with Crippen molar-refractivity contribution in [1.29, 1.82) is 0 Å². The van der Waals surface area contributed by atoms with Crippen LogP contribution in [-0.2, 0) is 11.3 Å². The molecule has 1 atom stereocenters. The van der Waals surface area contributed by atoms with Crippen molar-refractivity contribution in [3.05, 3.63) is 29.8 Å². The van der Waals surface area contributed by atoms with Crippen molar-refractivity contribution in [2.24, 2.45) is 11.7 Å². The third kappa shape index (κ3) is 3.56. The molecule has 17 heavy (non-hydrogen) atoms. The van der Waals surface area contributed by atoms with Crippen LogP contribution in [0.2, 0.25) is 0 Å². The first kappa shape index (κ1) is 13.7. The van der Waals surface area contributed by atoms with E-state index in [4.69, 9.17) is 5.73 Å². The average Bonchev–Trinajstić information content (AvgIpc) is 2.37. The van der Waals surface area contributed by atoms with Gasteiger partial charge < -0.3 is 10.6 Å². The molecule has 0 aliphatic carbocycles. The van der Waals surface area contributed by atoms with Gasteiger partial charge in [0.25, 0.3) is 0 Å². The number of amides is 1. The van der Waals surface area contributed by atoms with Gasteiger partial charge in [0.05, 0.1) is 0 Å². The molecule has 0 fully saturated rings. The third-order valence-electron chi connectivity index (χ3n) is 3.17. The van der Waals surface area contributed by atoms with Gasteiger partial charge in [0.15, 0.2) is 0 Å². The Morgan fingerprint density at radius 3 is 2.65 bits per heavy atom. The lowest BCUT2D eigenvalue weighted by molar-refractivity contribution is -0.119. The summed E-state index contributed by atoms with van der Waals surface area (Å²) in [7, 11) is 1.82. The van der Waals surface area contributed by atoms with Crippen LogP contribution >= 0.6 is 0 Å². The van der Waals surface area contributed by atoms with Crippen molar-refractivity contribution < 1.29 is 4.79 Å². The van der Waals surface area contributed by atoms with Gasteiger partial charge in [-0.1, -0.05) is 38.5 Å². The molecule has 0 heterocycles. The van der Waals surface area contributed by atoms with Crippen LogP contribution in [0.15, 0.2) is 24.3 Å². The SMILES string of the molecule is CCC(C)CC(=O)N(C)c1ccccc1CN. The van der Waals surface area contributed by atoms with Crippen molar-refractivity contribution in [2.75, 3.05) is 11.9 Å². The van der Waals surface area contributed by atoms with Crippen LogP contribution in [0.1, 0.15) is 32.3 Å². The number of anilines is 1. The lowest BCUT2D eigenvalue weighted by Gasteiger charge is -2.21. The second-order valence-corrected chi connectivity index (χ2v) is 4.50. The molecule has 1 amide bonds. The lowest BCUT2D eigenvalue weighted by Crippen LogP contribution is -2.28. The molecule has 94 valence electrons. The van der Waals surface area contributed by atoms with Crippen molar-refractivity contribution in [3.8, 4) is 0 Å². The Labute approximate surface area is 104 Å². The molecular formula is C14H22N2O. The molecular weight excluding hydrogens is 212 g/mol. The second kappa shape index (κ2) is 6.40. The van der Waals surface area contributed by atoms with Crippen LogP contribution in [0.4, 0.5) is 5.69 Å². The van der Waals surface area contributed by atoms with E-state index in [1.54, 1.807) is 4.90 Å². The van der Waals surface area contributed by atoms with Gasteiger partial charge in [-0.15, -0.1) is 0 Å². The Kier molecular flexibility index (Phi) is 5.16. The maximum Gasteiger partial charge on any atom is 0.226 e. The zero-order valence-electron chi connectivity index (χ0n) is 10.9. The van der Waals surface area contributed by atoms with E-state index in [9.17, 15) is 4.79 Å². The molecule has 0 radical (unpaired) electrons. The molecule has 2 N–H and O–H groups in total. The minimum atomic E-state index is 0.153. The quantitative estimate of drug-likeness (QED) is 0.851. The largest absolute Gasteiger partial charge is 0.326 e. The molecule has 1 aromatic carbocycles. The topological polar surface area (TPSA) is 46.3 Å². The van der Waals surface area contributed by atoms with E-state index in [1.165, 1.54) is 0 Å². The summed E-state index contributed by atoms with van der Waals surface area (Å²) < 4.78 is 0. The van der Waals surface area contributed by atoms with Crippen LogP contribution in [-0.4, -0.2) is 13.0 Å². The Morgan fingerprint density at radius 1 is 1.41 bits per heavy atom. The van der Waals surface area contributed by atoms with E-state index in [2.05, 4.69) is 13.8 Å². The summed E-state index contributed by atoms with van der Waals surface area (Å²) in [4.78, 5) is 13.8. The molecule has 0 aromatic heterocycles. The van der Waals surface area contributed by atoms with Gasteiger partial charge in [-0.05, 0) is 17.5 Å². The minimum absolute atomic E-state index is 0.153. The minimum Gasteiger partial charge on any atom is -0.326 e. The summed E-state index contributed by atoms with van der Waals surface area (Å²) in [5.74, 6) is 0.579. The van der Waals surface area contributed by atoms with Gasteiger partial charge in [-0.25, -0.2) is 0 Å². The van der Waals surface area contributed by atoms with Crippen LogP contribution in [0, 0.1) is 5.92 Å². The van der Waals surface area contributed by atoms with Crippen molar-refractivity contribution in [1.82, 2.24) is 0 Å². The number of carbonyl (C=O) groups is 1. The van der Waals surface area contributed by atoms with Crippen molar-refractivity contribution in [2.45, 2.75) is 33.2 Å². The highest BCUT2D eigenvalue weighted by molar-refractivity contribution is 5.93. The number of hydrogen-bond donors (Lipinski definition) is 1. The maximum absolute atomic E-state index is 12.1. The second-order valence-electron chi connectivity index (χ2n) is 4.50. The average molecular weight is 234 g/mol. The predicted molar refractivity (Wildman–Crippen MR) is 71.8 cm³/mol.